The van der Waals surface area contributed by atoms with Crippen LogP contribution >= 0.6 is 0 Å². The molecule has 4 nitrogen and oxygen atoms in total. The van der Waals surface area contributed by atoms with Gasteiger partial charge in [-0.15, -0.1) is 0 Å². The molecule has 6 fully saturated rings. The average molecular weight is 535 g/mol. The second-order valence-electron chi connectivity index (χ2n) is 15.5. The predicted octanol–water partition coefficient (Wildman–Crippen LogP) is 8.31. The quantitative estimate of drug-likeness (QED) is 0.364. The van der Waals surface area contributed by atoms with Gasteiger partial charge in [0.2, 0.25) is 0 Å². The molecule has 37 heavy (non-hydrogen) atoms. The van der Waals surface area contributed by atoms with Gasteiger partial charge in [0.15, 0.2) is 0 Å². The molecule has 0 N–H and O–H groups in total. The summed E-state index contributed by atoms with van der Waals surface area (Å²) in [5.74, 6) is 6.18. The molecule has 0 aromatic rings. The molecule has 0 radical (unpaired) electrons. The van der Waals surface area contributed by atoms with Gasteiger partial charge in [-0.2, -0.15) is 8.42 Å². The number of fused-ring (bicyclic) bond motifs is 6. The molecule has 6 saturated carbocycles. The molecular weight excluding hydrogens is 480 g/mol. The summed E-state index contributed by atoms with van der Waals surface area (Å²) in [6.45, 7) is 9.13. The van der Waals surface area contributed by atoms with Crippen LogP contribution in [-0.4, -0.2) is 20.6 Å². The topological polar surface area (TPSA) is 52.6 Å². The molecule has 6 aliphatic rings. The zero-order valence-corrected chi connectivity index (χ0v) is 24.9. The monoisotopic (exact) mass is 534 g/mol. The standard InChI is InChI=1S/C32H54O4S/c1-31(2)27-17-13-21-9-5-7-11-23(21)25(27)15-19-29(31)35-37(33,34)36-30-20-16-26-24-12-8-6-10-22(24)14-18-28(26)32(30,3)4/h21-30H,5-20H2,1-4H3. The first-order chi connectivity index (χ1) is 17.6. The summed E-state index contributed by atoms with van der Waals surface area (Å²) >= 11 is 0. The Morgan fingerprint density at radius 1 is 0.486 bits per heavy atom. The maximum Gasteiger partial charge on any atom is 0.400 e. The summed E-state index contributed by atoms with van der Waals surface area (Å²) in [6, 6.07) is 0. The van der Waals surface area contributed by atoms with E-state index in [1.165, 1.54) is 77.0 Å². The van der Waals surface area contributed by atoms with Crippen LogP contribution < -0.4 is 0 Å². The van der Waals surface area contributed by atoms with Crippen molar-refractivity contribution in [1.29, 1.82) is 0 Å². The smallest absolute Gasteiger partial charge is 0.244 e. The van der Waals surface area contributed by atoms with E-state index in [1.807, 2.05) is 0 Å². The van der Waals surface area contributed by atoms with Crippen LogP contribution in [0.2, 0.25) is 0 Å². The van der Waals surface area contributed by atoms with Crippen molar-refractivity contribution in [2.24, 2.45) is 58.2 Å². The lowest BCUT2D eigenvalue weighted by Crippen LogP contribution is -2.53. The second-order valence-corrected chi connectivity index (χ2v) is 16.7. The van der Waals surface area contributed by atoms with E-state index in [-0.39, 0.29) is 23.0 Å². The van der Waals surface area contributed by atoms with Crippen LogP contribution in [0.4, 0.5) is 0 Å². The first-order valence-corrected chi connectivity index (χ1v) is 17.5. The van der Waals surface area contributed by atoms with Crippen LogP contribution in [0.15, 0.2) is 0 Å². The number of hydrogen-bond acceptors (Lipinski definition) is 4. The fraction of sp³-hybridized carbons (Fsp3) is 1.00. The highest BCUT2D eigenvalue weighted by molar-refractivity contribution is 7.81. The zero-order valence-electron chi connectivity index (χ0n) is 24.1. The molecule has 5 heteroatoms. The summed E-state index contributed by atoms with van der Waals surface area (Å²) in [4.78, 5) is 0. The van der Waals surface area contributed by atoms with E-state index < -0.39 is 10.4 Å². The van der Waals surface area contributed by atoms with Gasteiger partial charge in [0.05, 0.1) is 12.2 Å². The maximum absolute atomic E-state index is 13.5. The van der Waals surface area contributed by atoms with Crippen LogP contribution in [0, 0.1) is 58.2 Å². The molecule has 0 saturated heterocycles. The molecule has 0 bridgehead atoms. The fourth-order valence-corrected chi connectivity index (χ4v) is 12.7. The van der Waals surface area contributed by atoms with Gasteiger partial charge in [-0.25, -0.2) is 8.37 Å². The highest BCUT2D eigenvalue weighted by Crippen LogP contribution is 2.59. The largest absolute Gasteiger partial charge is 0.400 e. The molecule has 6 aliphatic carbocycles. The molecule has 10 unspecified atom stereocenters. The minimum absolute atomic E-state index is 0.131. The lowest BCUT2D eigenvalue weighted by atomic mass is 9.51. The van der Waals surface area contributed by atoms with Crippen molar-refractivity contribution >= 4 is 10.4 Å². The van der Waals surface area contributed by atoms with Gasteiger partial charge < -0.3 is 0 Å². The van der Waals surface area contributed by atoms with Gasteiger partial charge in [0, 0.05) is 0 Å². The van der Waals surface area contributed by atoms with E-state index in [0.29, 0.717) is 11.8 Å². The second kappa shape index (κ2) is 10.1. The van der Waals surface area contributed by atoms with Crippen LogP contribution in [0.5, 0.6) is 0 Å². The summed E-state index contributed by atoms with van der Waals surface area (Å²) in [5.41, 5.74) is -0.261. The SMILES string of the molecule is CC1(C)C(OS(=O)(=O)OC2CCC3C4CCCCC4CCC3C2(C)C)CCC2C3CCCCC3CCC21. The number of rotatable bonds is 4. The Hall–Kier alpha value is -0.130. The molecule has 10 atom stereocenters. The minimum atomic E-state index is -4.05. The number of hydrogen-bond donors (Lipinski definition) is 0. The van der Waals surface area contributed by atoms with E-state index in [2.05, 4.69) is 27.7 Å². The van der Waals surface area contributed by atoms with Crippen molar-refractivity contribution in [3.63, 3.8) is 0 Å². The summed E-state index contributed by atoms with van der Waals surface area (Å²) in [6.07, 6.45) is 19.7. The molecular formula is C32H54O4S. The van der Waals surface area contributed by atoms with E-state index in [4.69, 9.17) is 8.37 Å². The van der Waals surface area contributed by atoms with Crippen LogP contribution in [-0.2, 0) is 18.8 Å². The van der Waals surface area contributed by atoms with Crippen LogP contribution in [0.3, 0.4) is 0 Å². The molecule has 0 heterocycles. The van der Waals surface area contributed by atoms with Gasteiger partial charge in [-0.1, -0.05) is 66.2 Å². The molecule has 0 aliphatic heterocycles. The van der Waals surface area contributed by atoms with Crippen LogP contribution in [0.25, 0.3) is 0 Å². The van der Waals surface area contributed by atoms with Crippen LogP contribution in [0.1, 0.15) is 130 Å². The Morgan fingerprint density at radius 2 is 0.892 bits per heavy atom. The Kier molecular flexibility index (Phi) is 7.35. The Morgan fingerprint density at radius 3 is 1.32 bits per heavy atom. The van der Waals surface area contributed by atoms with Gasteiger partial charge in [-0.3, -0.25) is 0 Å². The van der Waals surface area contributed by atoms with Crippen molar-refractivity contribution in [2.45, 2.75) is 143 Å². The maximum atomic E-state index is 13.5. The van der Waals surface area contributed by atoms with Gasteiger partial charge in [-0.05, 0) is 122 Å². The predicted molar refractivity (Wildman–Crippen MR) is 148 cm³/mol. The van der Waals surface area contributed by atoms with Crippen molar-refractivity contribution in [3.8, 4) is 0 Å². The fourth-order valence-electron chi connectivity index (χ4n) is 11.4. The Bertz CT molecular complexity index is 857. The van der Waals surface area contributed by atoms with E-state index in [1.54, 1.807) is 0 Å². The molecule has 212 valence electrons. The van der Waals surface area contributed by atoms with E-state index in [9.17, 15) is 8.42 Å². The van der Waals surface area contributed by atoms with Gasteiger partial charge in [0.1, 0.15) is 0 Å². The van der Waals surface area contributed by atoms with Crippen molar-refractivity contribution in [2.75, 3.05) is 0 Å². The highest BCUT2D eigenvalue weighted by atomic mass is 32.3. The lowest BCUT2D eigenvalue weighted by molar-refractivity contribution is -0.114. The van der Waals surface area contributed by atoms with E-state index >= 15 is 0 Å². The zero-order chi connectivity index (χ0) is 26.0. The first-order valence-electron chi connectivity index (χ1n) is 16.2. The third kappa shape index (κ3) is 4.88. The summed E-state index contributed by atoms with van der Waals surface area (Å²) in [7, 11) is -4.05. The molecule has 0 aromatic heterocycles. The Balaban J connectivity index is 1.12. The van der Waals surface area contributed by atoms with Crippen molar-refractivity contribution in [3.05, 3.63) is 0 Å². The lowest BCUT2D eigenvalue weighted by Gasteiger charge is -2.56. The Labute approximate surface area is 227 Å². The molecule has 0 aromatic carbocycles. The summed E-state index contributed by atoms with van der Waals surface area (Å²) in [5, 5.41) is 0. The minimum Gasteiger partial charge on any atom is -0.244 e. The molecule has 0 amide bonds. The molecule has 0 spiro atoms. The summed E-state index contributed by atoms with van der Waals surface area (Å²) < 4.78 is 39.0. The van der Waals surface area contributed by atoms with Crippen molar-refractivity contribution in [1.82, 2.24) is 0 Å². The average Bonchev–Trinajstić information content (AvgIpc) is 2.87. The van der Waals surface area contributed by atoms with Crippen molar-refractivity contribution < 1.29 is 16.8 Å². The van der Waals surface area contributed by atoms with E-state index in [0.717, 1.165) is 61.2 Å². The van der Waals surface area contributed by atoms with Gasteiger partial charge in [0.25, 0.3) is 0 Å². The molecule has 6 rings (SSSR count). The third-order valence-corrected chi connectivity index (χ3v) is 14.3. The normalized spacial score (nSPS) is 47.1. The van der Waals surface area contributed by atoms with Gasteiger partial charge >= 0.3 is 10.4 Å². The highest BCUT2D eigenvalue weighted by Gasteiger charge is 2.55. The third-order valence-electron chi connectivity index (χ3n) is 13.3. The first kappa shape index (κ1) is 27.1.